The van der Waals surface area contributed by atoms with Gasteiger partial charge in [-0.1, -0.05) is 18.2 Å². The van der Waals surface area contributed by atoms with Crippen LogP contribution in [0.15, 0.2) is 36.5 Å². The first-order valence-electron chi connectivity index (χ1n) is 7.04. The van der Waals surface area contributed by atoms with E-state index in [-0.39, 0.29) is 6.04 Å². The lowest BCUT2D eigenvalue weighted by Crippen LogP contribution is -2.45. The largest absolute Gasteiger partial charge is 0.385 e. The van der Waals surface area contributed by atoms with E-state index in [1.165, 1.54) is 0 Å². The number of pyridine rings is 1. The van der Waals surface area contributed by atoms with Crippen LogP contribution in [0, 0.1) is 0 Å². The Bertz CT molecular complexity index is 587. The number of hydrogen-bond donors (Lipinski definition) is 2. The van der Waals surface area contributed by atoms with Crippen LogP contribution in [0.3, 0.4) is 0 Å². The van der Waals surface area contributed by atoms with Gasteiger partial charge in [-0.2, -0.15) is 0 Å². The zero-order valence-electron chi connectivity index (χ0n) is 11.7. The number of fused-ring (bicyclic) bond motifs is 1. The van der Waals surface area contributed by atoms with Crippen LogP contribution in [0.5, 0.6) is 0 Å². The van der Waals surface area contributed by atoms with Crippen LogP contribution in [-0.2, 0) is 10.3 Å². The second-order valence-electron chi connectivity index (χ2n) is 5.58. The van der Waals surface area contributed by atoms with Crippen LogP contribution in [-0.4, -0.2) is 35.9 Å². The van der Waals surface area contributed by atoms with Crippen molar-refractivity contribution in [3.8, 4) is 0 Å². The van der Waals surface area contributed by atoms with Gasteiger partial charge >= 0.3 is 0 Å². The number of ether oxygens (including phenoxy) is 1. The Labute approximate surface area is 118 Å². The fourth-order valence-corrected chi connectivity index (χ4v) is 2.91. The van der Waals surface area contributed by atoms with E-state index in [9.17, 15) is 5.11 Å². The van der Waals surface area contributed by atoms with Crippen molar-refractivity contribution in [3.63, 3.8) is 0 Å². The molecular formula is C16H20N2O2. The van der Waals surface area contributed by atoms with Crippen molar-refractivity contribution >= 4 is 10.9 Å². The third-order valence-corrected chi connectivity index (χ3v) is 3.87. The van der Waals surface area contributed by atoms with E-state index in [0.717, 1.165) is 29.6 Å². The van der Waals surface area contributed by atoms with Crippen molar-refractivity contribution in [2.45, 2.75) is 25.0 Å². The van der Waals surface area contributed by atoms with Crippen molar-refractivity contribution in [2.24, 2.45) is 0 Å². The molecule has 1 aromatic heterocycles. The van der Waals surface area contributed by atoms with Crippen LogP contribution in [0.2, 0.25) is 0 Å². The highest BCUT2D eigenvalue weighted by Crippen LogP contribution is 2.31. The molecule has 0 aliphatic carbocycles. The van der Waals surface area contributed by atoms with Gasteiger partial charge in [-0.25, -0.2) is 0 Å². The van der Waals surface area contributed by atoms with Crippen LogP contribution < -0.4 is 5.32 Å². The number of morpholine rings is 1. The van der Waals surface area contributed by atoms with Gasteiger partial charge in [0.1, 0.15) is 0 Å². The van der Waals surface area contributed by atoms with Gasteiger partial charge in [0, 0.05) is 24.2 Å². The molecule has 1 aliphatic rings. The van der Waals surface area contributed by atoms with Crippen LogP contribution >= 0.6 is 0 Å². The maximum atomic E-state index is 10.9. The molecule has 0 spiro atoms. The number of nitrogens with zero attached hydrogens (tertiary/aromatic N) is 1. The molecule has 1 aliphatic heterocycles. The van der Waals surface area contributed by atoms with E-state index in [0.29, 0.717) is 13.0 Å². The molecule has 0 amide bonds. The minimum Gasteiger partial charge on any atom is -0.385 e. The lowest BCUT2D eigenvalue weighted by Gasteiger charge is -2.32. The zero-order valence-corrected chi connectivity index (χ0v) is 11.7. The van der Waals surface area contributed by atoms with Crippen LogP contribution in [0.1, 0.15) is 18.9 Å². The second kappa shape index (κ2) is 5.48. The first kappa shape index (κ1) is 13.5. The lowest BCUT2D eigenvalue weighted by atomic mass is 9.86. The lowest BCUT2D eigenvalue weighted by molar-refractivity contribution is 0.00413. The van der Waals surface area contributed by atoms with Crippen molar-refractivity contribution < 1.29 is 9.84 Å². The highest BCUT2D eigenvalue weighted by Gasteiger charge is 2.30. The monoisotopic (exact) mass is 272 g/mol. The van der Waals surface area contributed by atoms with Crippen molar-refractivity contribution in [1.82, 2.24) is 10.3 Å². The quantitative estimate of drug-likeness (QED) is 0.895. The SMILES string of the molecule is CC(O)(CC1COCCN1)c1cccc2ncccc12. The minimum absolute atomic E-state index is 0.186. The van der Waals surface area contributed by atoms with Gasteiger partial charge < -0.3 is 15.2 Å². The predicted molar refractivity (Wildman–Crippen MR) is 78.5 cm³/mol. The molecule has 2 unspecified atom stereocenters. The molecular weight excluding hydrogens is 252 g/mol. The number of aliphatic hydroxyl groups is 1. The summed E-state index contributed by atoms with van der Waals surface area (Å²) in [6.45, 7) is 4.11. The summed E-state index contributed by atoms with van der Waals surface area (Å²) in [5.41, 5.74) is 0.939. The van der Waals surface area contributed by atoms with Gasteiger partial charge in [0.2, 0.25) is 0 Å². The Morgan fingerprint density at radius 2 is 2.30 bits per heavy atom. The number of rotatable bonds is 3. The summed E-state index contributed by atoms with van der Waals surface area (Å²) in [4.78, 5) is 4.35. The Morgan fingerprint density at radius 3 is 3.10 bits per heavy atom. The van der Waals surface area contributed by atoms with E-state index in [1.807, 2.05) is 37.3 Å². The first-order chi connectivity index (χ1) is 9.67. The normalized spacial score (nSPS) is 22.6. The van der Waals surface area contributed by atoms with Gasteiger partial charge in [-0.05, 0) is 31.0 Å². The number of benzene rings is 1. The number of hydrogen-bond acceptors (Lipinski definition) is 4. The summed E-state index contributed by atoms with van der Waals surface area (Å²) in [5, 5.41) is 15.3. The van der Waals surface area contributed by atoms with Gasteiger partial charge in [0.15, 0.2) is 0 Å². The fourth-order valence-electron chi connectivity index (χ4n) is 2.91. The molecule has 2 N–H and O–H groups in total. The van der Waals surface area contributed by atoms with E-state index in [2.05, 4.69) is 10.3 Å². The van der Waals surface area contributed by atoms with E-state index >= 15 is 0 Å². The van der Waals surface area contributed by atoms with Gasteiger partial charge in [0.05, 0.1) is 24.3 Å². The van der Waals surface area contributed by atoms with E-state index in [4.69, 9.17) is 4.74 Å². The van der Waals surface area contributed by atoms with Crippen molar-refractivity contribution in [1.29, 1.82) is 0 Å². The molecule has 2 heterocycles. The molecule has 106 valence electrons. The Kier molecular flexibility index (Phi) is 3.70. The zero-order chi connectivity index (χ0) is 14.0. The Balaban J connectivity index is 1.91. The smallest absolute Gasteiger partial charge is 0.0890 e. The maximum absolute atomic E-state index is 10.9. The molecule has 3 rings (SSSR count). The average molecular weight is 272 g/mol. The van der Waals surface area contributed by atoms with Gasteiger partial charge in [-0.3, -0.25) is 4.98 Å². The topological polar surface area (TPSA) is 54.4 Å². The molecule has 20 heavy (non-hydrogen) atoms. The summed E-state index contributed by atoms with van der Waals surface area (Å²) >= 11 is 0. The average Bonchev–Trinajstić information content (AvgIpc) is 2.47. The maximum Gasteiger partial charge on any atom is 0.0890 e. The highest BCUT2D eigenvalue weighted by atomic mass is 16.5. The Hall–Kier alpha value is -1.49. The third kappa shape index (κ3) is 2.68. The molecule has 0 bridgehead atoms. The first-order valence-corrected chi connectivity index (χ1v) is 7.04. The molecule has 4 heteroatoms. The Morgan fingerprint density at radius 1 is 1.40 bits per heavy atom. The fraction of sp³-hybridized carbons (Fsp3) is 0.438. The highest BCUT2D eigenvalue weighted by molar-refractivity contribution is 5.82. The summed E-state index contributed by atoms with van der Waals surface area (Å²) in [5.74, 6) is 0. The molecule has 0 radical (unpaired) electrons. The molecule has 0 saturated carbocycles. The van der Waals surface area contributed by atoms with Crippen LogP contribution in [0.4, 0.5) is 0 Å². The molecule has 1 aromatic carbocycles. The van der Waals surface area contributed by atoms with Gasteiger partial charge in [0.25, 0.3) is 0 Å². The number of nitrogens with one attached hydrogen (secondary N) is 1. The number of aromatic nitrogens is 1. The molecule has 2 atom stereocenters. The van der Waals surface area contributed by atoms with E-state index < -0.39 is 5.60 Å². The van der Waals surface area contributed by atoms with Crippen LogP contribution in [0.25, 0.3) is 10.9 Å². The summed E-state index contributed by atoms with van der Waals surface area (Å²) < 4.78 is 5.47. The molecule has 1 fully saturated rings. The molecule has 1 saturated heterocycles. The minimum atomic E-state index is -0.902. The van der Waals surface area contributed by atoms with Gasteiger partial charge in [-0.15, -0.1) is 0 Å². The summed E-state index contributed by atoms with van der Waals surface area (Å²) in [6.07, 6.45) is 2.40. The summed E-state index contributed by atoms with van der Waals surface area (Å²) in [6, 6.07) is 10.0. The molecule has 2 aromatic rings. The summed E-state index contributed by atoms with van der Waals surface area (Å²) in [7, 11) is 0. The third-order valence-electron chi connectivity index (χ3n) is 3.87. The molecule has 4 nitrogen and oxygen atoms in total. The predicted octanol–water partition coefficient (Wildman–Crippen LogP) is 1.82. The second-order valence-corrected chi connectivity index (χ2v) is 5.58. The standard InChI is InChI=1S/C16H20N2O2/c1-16(19,10-12-11-20-9-8-17-12)14-5-2-6-15-13(14)4-3-7-18-15/h2-7,12,17,19H,8-11H2,1H3. The van der Waals surface area contributed by atoms with Crippen molar-refractivity contribution in [2.75, 3.05) is 19.8 Å². The van der Waals surface area contributed by atoms with Crippen molar-refractivity contribution in [3.05, 3.63) is 42.1 Å². The van der Waals surface area contributed by atoms with E-state index in [1.54, 1.807) is 6.20 Å².